The molecule has 3 heterocycles. The van der Waals surface area contributed by atoms with Crippen LogP contribution in [0.2, 0.25) is 0 Å². The maximum absolute atomic E-state index is 11.5. The molecule has 3 fully saturated rings. The van der Waals surface area contributed by atoms with E-state index in [4.69, 9.17) is 5.73 Å². The summed E-state index contributed by atoms with van der Waals surface area (Å²) in [6.07, 6.45) is 5.00. The summed E-state index contributed by atoms with van der Waals surface area (Å²) in [5, 5.41) is 12.2. The van der Waals surface area contributed by atoms with E-state index in [1.54, 1.807) is 0 Å². The highest BCUT2D eigenvalue weighted by Crippen LogP contribution is 2.34. The van der Waals surface area contributed by atoms with Crippen molar-refractivity contribution in [2.45, 2.75) is 69.3 Å². The molecule has 6 nitrogen and oxygen atoms in total. The smallest absolute Gasteiger partial charge is 0.248 e. The molecule has 0 aromatic heterocycles. The van der Waals surface area contributed by atoms with Crippen molar-refractivity contribution in [3.05, 3.63) is 0 Å². The molecule has 0 saturated carbocycles. The first-order chi connectivity index (χ1) is 10.5. The van der Waals surface area contributed by atoms with Gasteiger partial charge in [0.05, 0.1) is 0 Å². The Balaban J connectivity index is 1.41. The Labute approximate surface area is 133 Å². The molecule has 3 aliphatic heterocycles. The topological polar surface area (TPSA) is 81.8 Å². The van der Waals surface area contributed by atoms with E-state index in [0.29, 0.717) is 18.1 Å². The SMILES string of the molecule is C[C@H](O)C(=O)N[C@@H]1CCN(CCN2[C@@H]3CC[C@H]2CC(N)C3)C1. The van der Waals surface area contributed by atoms with Gasteiger partial charge in [-0.15, -0.1) is 0 Å². The van der Waals surface area contributed by atoms with E-state index in [0.717, 1.165) is 45.4 Å². The Morgan fingerprint density at radius 1 is 1.27 bits per heavy atom. The molecule has 22 heavy (non-hydrogen) atoms. The van der Waals surface area contributed by atoms with Gasteiger partial charge in [-0.3, -0.25) is 14.6 Å². The van der Waals surface area contributed by atoms with Crippen molar-refractivity contribution >= 4 is 5.91 Å². The van der Waals surface area contributed by atoms with Crippen LogP contribution < -0.4 is 11.1 Å². The van der Waals surface area contributed by atoms with Gasteiger partial charge in [0.15, 0.2) is 0 Å². The molecule has 1 amide bonds. The van der Waals surface area contributed by atoms with Gasteiger partial charge in [0.1, 0.15) is 6.10 Å². The highest BCUT2D eigenvalue weighted by Gasteiger charge is 2.39. The number of carbonyl (C=O) groups excluding carboxylic acids is 1. The molecule has 5 atom stereocenters. The molecule has 3 aliphatic rings. The molecular formula is C16H30N4O2. The van der Waals surface area contributed by atoms with Gasteiger partial charge in [-0.2, -0.15) is 0 Å². The second kappa shape index (κ2) is 6.83. The van der Waals surface area contributed by atoms with Crippen LogP contribution in [0.4, 0.5) is 0 Å². The summed E-state index contributed by atoms with van der Waals surface area (Å²) in [5.74, 6) is -0.255. The van der Waals surface area contributed by atoms with Crippen molar-refractivity contribution in [1.29, 1.82) is 0 Å². The van der Waals surface area contributed by atoms with Crippen LogP contribution in [0.1, 0.15) is 39.0 Å². The van der Waals surface area contributed by atoms with E-state index in [1.165, 1.54) is 19.8 Å². The number of nitrogens with zero attached hydrogens (tertiary/aromatic N) is 2. The largest absolute Gasteiger partial charge is 0.384 e. The number of nitrogens with one attached hydrogen (secondary N) is 1. The lowest BCUT2D eigenvalue weighted by Crippen LogP contribution is -2.49. The average molecular weight is 310 g/mol. The van der Waals surface area contributed by atoms with Crippen LogP contribution in [0.3, 0.4) is 0 Å². The third kappa shape index (κ3) is 3.62. The maximum atomic E-state index is 11.5. The zero-order valence-corrected chi connectivity index (χ0v) is 13.6. The molecule has 126 valence electrons. The van der Waals surface area contributed by atoms with Crippen LogP contribution in [0, 0.1) is 0 Å². The minimum absolute atomic E-state index is 0.189. The van der Waals surface area contributed by atoms with Gasteiger partial charge in [-0.05, 0) is 39.0 Å². The van der Waals surface area contributed by atoms with Gasteiger partial charge in [0.2, 0.25) is 5.91 Å². The Bertz CT molecular complexity index is 390. The second-order valence-electron chi connectivity index (χ2n) is 7.33. The first-order valence-electron chi connectivity index (χ1n) is 8.75. The summed E-state index contributed by atoms with van der Waals surface area (Å²) < 4.78 is 0. The van der Waals surface area contributed by atoms with Crippen LogP contribution in [0.5, 0.6) is 0 Å². The second-order valence-corrected chi connectivity index (χ2v) is 7.33. The highest BCUT2D eigenvalue weighted by atomic mass is 16.3. The number of amides is 1. The molecule has 6 heteroatoms. The fourth-order valence-electron chi connectivity index (χ4n) is 4.41. The average Bonchev–Trinajstić information content (AvgIpc) is 2.99. The fraction of sp³-hybridized carbons (Fsp3) is 0.938. The van der Waals surface area contributed by atoms with E-state index in [1.807, 2.05) is 0 Å². The van der Waals surface area contributed by atoms with Crippen molar-refractivity contribution in [3.8, 4) is 0 Å². The zero-order chi connectivity index (χ0) is 15.7. The summed E-state index contributed by atoms with van der Waals surface area (Å²) in [5.41, 5.74) is 6.13. The minimum atomic E-state index is -0.915. The lowest BCUT2D eigenvalue weighted by molar-refractivity contribution is -0.129. The van der Waals surface area contributed by atoms with E-state index >= 15 is 0 Å². The normalized spacial score (nSPS) is 37.4. The lowest BCUT2D eigenvalue weighted by Gasteiger charge is -2.38. The molecule has 0 radical (unpaired) electrons. The lowest BCUT2D eigenvalue weighted by atomic mass is 9.98. The van der Waals surface area contributed by atoms with E-state index in [2.05, 4.69) is 15.1 Å². The Morgan fingerprint density at radius 3 is 2.59 bits per heavy atom. The van der Waals surface area contributed by atoms with Crippen LogP contribution in [-0.2, 0) is 4.79 Å². The molecule has 3 rings (SSSR count). The number of piperidine rings is 1. The van der Waals surface area contributed by atoms with Crippen LogP contribution in [0.15, 0.2) is 0 Å². The molecule has 1 unspecified atom stereocenters. The van der Waals surface area contributed by atoms with E-state index < -0.39 is 6.10 Å². The third-order valence-corrected chi connectivity index (χ3v) is 5.59. The van der Waals surface area contributed by atoms with Gasteiger partial charge < -0.3 is 16.2 Å². The number of fused-ring (bicyclic) bond motifs is 2. The fourth-order valence-corrected chi connectivity index (χ4v) is 4.41. The number of rotatable bonds is 5. The van der Waals surface area contributed by atoms with Crippen LogP contribution in [0.25, 0.3) is 0 Å². The number of hydrogen-bond donors (Lipinski definition) is 3. The van der Waals surface area contributed by atoms with Crippen molar-refractivity contribution in [3.63, 3.8) is 0 Å². The summed E-state index contributed by atoms with van der Waals surface area (Å²) in [4.78, 5) is 16.6. The van der Waals surface area contributed by atoms with Crippen molar-refractivity contribution in [2.24, 2.45) is 5.73 Å². The first-order valence-corrected chi connectivity index (χ1v) is 8.75. The van der Waals surface area contributed by atoms with Gasteiger partial charge in [0.25, 0.3) is 0 Å². The molecule has 3 saturated heterocycles. The van der Waals surface area contributed by atoms with Gasteiger partial charge in [-0.25, -0.2) is 0 Å². The molecule has 0 aliphatic carbocycles. The Hall–Kier alpha value is -0.690. The first kappa shape index (κ1) is 16.2. The number of aliphatic hydroxyl groups excluding tert-OH is 1. The summed E-state index contributed by atoms with van der Waals surface area (Å²) >= 11 is 0. The van der Waals surface area contributed by atoms with Crippen molar-refractivity contribution in [2.75, 3.05) is 26.2 Å². The molecule has 2 bridgehead atoms. The van der Waals surface area contributed by atoms with Crippen molar-refractivity contribution in [1.82, 2.24) is 15.1 Å². The molecule has 0 aromatic carbocycles. The number of aliphatic hydroxyl groups is 1. The number of nitrogens with two attached hydrogens (primary N) is 1. The van der Waals surface area contributed by atoms with E-state index in [9.17, 15) is 9.90 Å². The van der Waals surface area contributed by atoms with E-state index in [-0.39, 0.29) is 11.9 Å². The highest BCUT2D eigenvalue weighted by molar-refractivity contribution is 5.80. The maximum Gasteiger partial charge on any atom is 0.248 e. The standard InChI is InChI=1S/C16H30N4O2/c1-11(21)16(22)18-13-4-5-19(10-13)6-7-20-14-2-3-15(20)9-12(17)8-14/h11-15,21H,2-10,17H2,1H3,(H,18,22)/t11-,12?,13+,14-,15+/m0/s1. The minimum Gasteiger partial charge on any atom is -0.384 e. The molecule has 4 N–H and O–H groups in total. The monoisotopic (exact) mass is 310 g/mol. The molecule has 0 aromatic rings. The van der Waals surface area contributed by atoms with Gasteiger partial charge in [-0.1, -0.05) is 0 Å². The predicted molar refractivity (Wildman–Crippen MR) is 85.4 cm³/mol. The summed E-state index contributed by atoms with van der Waals surface area (Å²) in [7, 11) is 0. The Morgan fingerprint density at radius 2 is 1.95 bits per heavy atom. The van der Waals surface area contributed by atoms with Gasteiger partial charge >= 0.3 is 0 Å². The van der Waals surface area contributed by atoms with Gasteiger partial charge in [0, 0.05) is 50.3 Å². The number of carbonyl (C=O) groups is 1. The van der Waals surface area contributed by atoms with Crippen molar-refractivity contribution < 1.29 is 9.90 Å². The zero-order valence-electron chi connectivity index (χ0n) is 13.6. The third-order valence-electron chi connectivity index (χ3n) is 5.59. The summed E-state index contributed by atoms with van der Waals surface area (Å²) in [6, 6.07) is 1.98. The predicted octanol–water partition coefficient (Wildman–Crippen LogP) is -0.488. The van der Waals surface area contributed by atoms with Crippen LogP contribution >= 0.6 is 0 Å². The molecular weight excluding hydrogens is 280 g/mol. The summed E-state index contributed by atoms with van der Waals surface area (Å²) in [6.45, 7) is 5.65. The molecule has 0 spiro atoms. The number of hydrogen-bond acceptors (Lipinski definition) is 5. The van der Waals surface area contributed by atoms with Crippen LogP contribution in [-0.4, -0.2) is 77.3 Å². The quantitative estimate of drug-likeness (QED) is 0.638. The number of likely N-dealkylation sites (tertiary alicyclic amines) is 1. The Kier molecular flexibility index (Phi) is 5.02.